The number of primary amides is 4. The molecule has 12 aromatic carbocycles. The van der Waals surface area contributed by atoms with Crippen LogP contribution in [0, 0.1) is 13.5 Å². The Labute approximate surface area is 589 Å². The van der Waals surface area contributed by atoms with Gasteiger partial charge in [-0.15, -0.1) is 0 Å². The Morgan fingerprint density at radius 3 is 1.15 bits per heavy atom. The standard InChI is InChI=1S/C23H20N2O.C22H19N3O.C22H21NO2.C21H20N2O/c24-23(26)12-10-18-15-17(16-5-2-1-3-6-16)9-11-19(18)20-7-4-8-22-21(20)13-14-25-22;1-24-25-20-9-5-8-18(15-20)21-12-10-17(16-6-3-2-4-7-16)14-19(21)11-13-22(23)26;1-15-11-19(14-20(24)12-15)21-9-7-17(16-5-3-2-4-6-16)13-18(21)8-10-22(23)25;22-19-8-4-7-17(14-19)20-11-9-16(15-5-2-1-3-6-15)13-18(20)10-12-21(23)24/h1-9,11,13-15,25H,10,12H2,(H2,24,26);2-10,12,14-15,25H,11,13H2,(H2,23,26);2-7,9,11-14,24H,8,10H2,1H3,(H2,23,25);1-9,11,13-14H,10,12,22H2,(H2,23,24). The maximum atomic E-state index is 11.4. The normalized spacial score (nSPS) is 10.5. The second-order valence-electron chi connectivity index (χ2n) is 24.5. The number of aromatic hydroxyl groups is 1. The van der Waals surface area contributed by atoms with Crippen LogP contribution < -0.4 is 34.1 Å². The van der Waals surface area contributed by atoms with Gasteiger partial charge >= 0.3 is 0 Å². The summed E-state index contributed by atoms with van der Waals surface area (Å²) in [5.41, 5.74) is 55.4. The number of fused-ring (bicyclic) bond motifs is 1. The number of nitrogens with one attached hydrogen (secondary N) is 2. The first-order valence-corrected chi connectivity index (χ1v) is 33.4. The van der Waals surface area contributed by atoms with E-state index in [1.54, 1.807) is 12.1 Å². The maximum Gasteiger partial charge on any atom is 0.217 e. The number of H-pyrrole nitrogens is 1. The van der Waals surface area contributed by atoms with Crippen LogP contribution in [0.5, 0.6) is 5.75 Å². The average molecular weight is 1330 g/mol. The number of phenolic OH excluding ortho intramolecular Hbond substituents is 1. The third-order valence-corrected chi connectivity index (χ3v) is 17.2. The number of anilines is 2. The summed E-state index contributed by atoms with van der Waals surface area (Å²) in [5, 5.41) is 11.1. The lowest BCUT2D eigenvalue weighted by atomic mass is 9.91. The number of hydrogen-bond acceptors (Lipinski definition) is 7. The number of nitrogen functional groups attached to an aromatic ring is 1. The number of rotatable bonds is 21. The fourth-order valence-electron chi connectivity index (χ4n) is 12.3. The molecule has 0 spiro atoms. The van der Waals surface area contributed by atoms with Gasteiger partial charge in [-0.25, -0.2) is 0 Å². The second kappa shape index (κ2) is 34.8. The van der Waals surface area contributed by atoms with E-state index in [0.717, 1.165) is 123 Å². The molecule has 0 aliphatic rings. The smallest absolute Gasteiger partial charge is 0.217 e. The van der Waals surface area contributed by atoms with Crippen LogP contribution in [0.4, 0.5) is 11.4 Å². The number of benzene rings is 12. The maximum absolute atomic E-state index is 11.4. The first-order valence-electron chi connectivity index (χ1n) is 33.4. The van der Waals surface area contributed by atoms with Crippen molar-refractivity contribution in [1.29, 1.82) is 0 Å². The van der Waals surface area contributed by atoms with Crippen molar-refractivity contribution >= 4 is 45.9 Å². The van der Waals surface area contributed by atoms with E-state index in [9.17, 15) is 24.3 Å². The van der Waals surface area contributed by atoms with Gasteiger partial charge in [0.05, 0.1) is 0 Å². The molecule has 101 heavy (non-hydrogen) atoms. The molecule has 0 aliphatic carbocycles. The fraction of sp³-hybridized carbons (Fsp3) is 0.102. The first kappa shape index (κ1) is 70.7. The largest absolute Gasteiger partial charge is 0.508 e. The second-order valence-corrected chi connectivity index (χ2v) is 24.5. The van der Waals surface area contributed by atoms with Crippen molar-refractivity contribution in [3.63, 3.8) is 0 Å². The summed E-state index contributed by atoms with van der Waals surface area (Å²) in [6.07, 6.45) is 5.60. The molecule has 13 N–H and O–H groups in total. The molecule has 13 rings (SSSR count). The summed E-state index contributed by atoms with van der Waals surface area (Å²) >= 11 is 0. The predicted molar refractivity (Wildman–Crippen MR) is 412 cm³/mol. The molecule has 0 fully saturated rings. The topological polar surface area (TPSA) is 251 Å². The number of aryl methyl sites for hydroxylation is 5. The lowest BCUT2D eigenvalue weighted by Crippen LogP contribution is -2.11. The Balaban J connectivity index is 0.000000145. The van der Waals surface area contributed by atoms with E-state index >= 15 is 0 Å². The minimum atomic E-state index is -0.317. The van der Waals surface area contributed by atoms with E-state index < -0.39 is 0 Å². The van der Waals surface area contributed by atoms with E-state index in [1.165, 1.54) is 16.5 Å². The highest BCUT2D eigenvalue weighted by Crippen LogP contribution is 2.37. The Morgan fingerprint density at radius 1 is 0.366 bits per heavy atom. The summed E-state index contributed by atoms with van der Waals surface area (Å²) in [6.45, 7) is 8.91. The minimum absolute atomic E-state index is 0.239. The number of carbonyl (C=O) groups excluding carboxylic acids is 4. The minimum Gasteiger partial charge on any atom is -0.508 e. The molecule has 0 unspecified atom stereocenters. The number of amides is 4. The summed E-state index contributed by atoms with van der Waals surface area (Å²) in [5.74, 6) is -0.963. The lowest BCUT2D eigenvalue weighted by Gasteiger charge is -2.13. The zero-order valence-electron chi connectivity index (χ0n) is 56.3. The first-order chi connectivity index (χ1) is 49.0. The molecule has 1 heterocycles. The van der Waals surface area contributed by atoms with Crippen molar-refractivity contribution < 1.29 is 24.3 Å². The van der Waals surface area contributed by atoms with Gasteiger partial charge in [-0.3, -0.25) is 19.2 Å². The lowest BCUT2D eigenvalue weighted by molar-refractivity contribution is -0.118. The number of carbonyl (C=O) groups is 4. The third kappa shape index (κ3) is 19.8. The Kier molecular flexibility index (Phi) is 24.3. The van der Waals surface area contributed by atoms with Gasteiger partial charge in [0.2, 0.25) is 23.6 Å². The number of hydrogen-bond donors (Lipinski definition) is 8. The third-order valence-electron chi connectivity index (χ3n) is 17.2. The van der Waals surface area contributed by atoms with Gasteiger partial charge in [-0.05, 0) is 198 Å². The molecule has 0 saturated heterocycles. The molecule has 0 bridgehead atoms. The Morgan fingerprint density at radius 2 is 0.743 bits per heavy atom. The van der Waals surface area contributed by atoms with Crippen LogP contribution in [-0.2, 0) is 44.9 Å². The highest BCUT2D eigenvalue weighted by Gasteiger charge is 2.16. The van der Waals surface area contributed by atoms with Crippen molar-refractivity contribution in [1.82, 2.24) is 4.98 Å². The monoisotopic (exact) mass is 1330 g/mol. The zero-order valence-corrected chi connectivity index (χ0v) is 56.3. The van der Waals surface area contributed by atoms with Gasteiger partial charge in [0.25, 0.3) is 0 Å². The van der Waals surface area contributed by atoms with Gasteiger partial charge in [0.1, 0.15) is 11.4 Å². The van der Waals surface area contributed by atoms with Crippen molar-refractivity contribution in [3.05, 3.63) is 331 Å². The molecule has 0 aliphatic heterocycles. The van der Waals surface area contributed by atoms with Crippen LogP contribution in [0.25, 0.3) is 105 Å². The zero-order chi connectivity index (χ0) is 71.0. The van der Waals surface area contributed by atoms with Crippen LogP contribution in [-0.4, -0.2) is 33.7 Å². The molecule has 13 heteroatoms. The van der Waals surface area contributed by atoms with Gasteiger partial charge in [0, 0.05) is 48.5 Å². The Bertz CT molecular complexity index is 5030. The number of aromatic amines is 1. The highest BCUT2D eigenvalue weighted by molar-refractivity contribution is 5.96. The van der Waals surface area contributed by atoms with E-state index in [1.807, 2.05) is 147 Å². The van der Waals surface area contributed by atoms with E-state index in [2.05, 4.69) is 155 Å². The molecule has 13 nitrogen and oxygen atoms in total. The van der Waals surface area contributed by atoms with Crippen LogP contribution in [0.1, 0.15) is 53.5 Å². The molecule has 502 valence electrons. The van der Waals surface area contributed by atoms with Crippen LogP contribution in [0.3, 0.4) is 0 Å². The summed E-state index contributed by atoms with van der Waals surface area (Å²) in [6, 6.07) is 95.3. The van der Waals surface area contributed by atoms with E-state index in [-0.39, 0.29) is 29.4 Å². The van der Waals surface area contributed by atoms with Crippen LogP contribution in [0.15, 0.2) is 291 Å². The number of phenols is 1. The summed E-state index contributed by atoms with van der Waals surface area (Å²) < 4.78 is 0. The summed E-state index contributed by atoms with van der Waals surface area (Å²) in [4.78, 5) is 51.6. The number of nitrogens with zero attached hydrogens (tertiary/aromatic N) is 1. The highest BCUT2D eigenvalue weighted by atomic mass is 16.3. The van der Waals surface area contributed by atoms with E-state index in [0.29, 0.717) is 51.4 Å². The molecule has 1 aromatic heterocycles. The molecule has 13 aromatic rings. The van der Waals surface area contributed by atoms with Crippen LogP contribution in [0.2, 0.25) is 0 Å². The van der Waals surface area contributed by atoms with Gasteiger partial charge in [0.15, 0.2) is 0 Å². The fourth-order valence-corrected chi connectivity index (χ4v) is 12.3. The quantitative estimate of drug-likeness (QED) is 0.0196. The van der Waals surface area contributed by atoms with Gasteiger partial charge in [-0.1, -0.05) is 242 Å². The molecule has 0 saturated carbocycles. The predicted octanol–water partition coefficient (Wildman–Crippen LogP) is 18.1. The molecule has 0 atom stereocenters. The Hall–Kier alpha value is -13.1. The molecular formula is C88H80N8O5. The average Bonchev–Trinajstić information content (AvgIpc) is 1.79. The van der Waals surface area contributed by atoms with Crippen molar-refractivity contribution in [2.75, 3.05) is 11.2 Å². The van der Waals surface area contributed by atoms with Crippen molar-refractivity contribution in [2.24, 2.45) is 22.9 Å². The summed E-state index contributed by atoms with van der Waals surface area (Å²) in [7, 11) is 0. The molecule has 4 amide bonds. The van der Waals surface area contributed by atoms with Crippen molar-refractivity contribution in [2.45, 2.75) is 58.3 Å². The molecular weight excluding hydrogens is 1250 g/mol. The van der Waals surface area contributed by atoms with E-state index in [4.69, 9.17) is 35.2 Å². The van der Waals surface area contributed by atoms with Crippen molar-refractivity contribution in [3.8, 4) is 94.8 Å². The van der Waals surface area contributed by atoms with Gasteiger partial charge < -0.3 is 38.8 Å². The SMILES string of the molecule is Cc1cc(O)cc(-c2ccc(-c3ccccc3)cc2CCC(N)=O)c1.NC(=O)CCc1cc(-c2ccccc2)ccc1-c1cccc(N)c1.NC(=O)CCc1cc(-c2ccccc2)ccc1-c1cccc2[nH]ccc12.[C-]#[N+]Nc1cccc(-c2ccc(-c3ccccc3)cc2CCC(N)=O)c1. The van der Waals surface area contributed by atoms with Crippen LogP contribution >= 0.6 is 0 Å². The number of nitrogens with two attached hydrogens (primary N) is 5. The number of aromatic nitrogens is 1. The van der Waals surface area contributed by atoms with Gasteiger partial charge in [-0.2, -0.15) is 11.5 Å². The molecule has 0 radical (unpaired) electrons.